The molecule has 5 nitrogen and oxygen atoms in total. The van der Waals surface area contributed by atoms with E-state index in [1.807, 2.05) is 30.3 Å². The second-order valence-corrected chi connectivity index (χ2v) is 6.09. The number of oxazole rings is 1. The summed E-state index contributed by atoms with van der Waals surface area (Å²) in [6.07, 6.45) is 1.70. The van der Waals surface area contributed by atoms with Crippen LogP contribution < -0.4 is 14.8 Å². The lowest BCUT2D eigenvalue weighted by molar-refractivity contribution is 0.171. The van der Waals surface area contributed by atoms with Crippen LogP contribution in [0.3, 0.4) is 0 Å². The molecule has 128 valence electrons. The Balaban J connectivity index is 1.35. The molecular formula is C20H20N2O3. The maximum absolute atomic E-state index is 5.61. The van der Waals surface area contributed by atoms with E-state index in [2.05, 4.69) is 29.4 Å². The van der Waals surface area contributed by atoms with E-state index < -0.39 is 0 Å². The van der Waals surface area contributed by atoms with Crippen LogP contribution in [0.1, 0.15) is 16.8 Å². The van der Waals surface area contributed by atoms with Gasteiger partial charge in [-0.1, -0.05) is 23.8 Å². The Kier molecular flexibility index (Phi) is 4.39. The molecule has 2 heterocycles. The molecule has 1 aromatic heterocycles. The number of nitrogens with one attached hydrogen (secondary N) is 1. The first-order valence-electron chi connectivity index (χ1n) is 8.38. The van der Waals surface area contributed by atoms with Crippen molar-refractivity contribution in [3.63, 3.8) is 0 Å². The van der Waals surface area contributed by atoms with Crippen LogP contribution >= 0.6 is 0 Å². The summed E-state index contributed by atoms with van der Waals surface area (Å²) in [5.41, 5.74) is 4.24. The summed E-state index contributed by atoms with van der Waals surface area (Å²) < 4.78 is 16.7. The van der Waals surface area contributed by atoms with E-state index >= 15 is 0 Å². The highest BCUT2D eigenvalue weighted by Crippen LogP contribution is 2.30. The smallest absolute Gasteiger partial charge is 0.226 e. The number of benzene rings is 2. The molecule has 1 aliphatic rings. The van der Waals surface area contributed by atoms with Crippen LogP contribution in [-0.2, 0) is 13.1 Å². The molecule has 0 unspecified atom stereocenters. The molecule has 1 aliphatic heterocycles. The van der Waals surface area contributed by atoms with E-state index in [4.69, 9.17) is 13.9 Å². The van der Waals surface area contributed by atoms with Gasteiger partial charge in [0.25, 0.3) is 0 Å². The molecule has 0 saturated carbocycles. The van der Waals surface area contributed by atoms with Crippen LogP contribution in [0.4, 0.5) is 0 Å². The van der Waals surface area contributed by atoms with Gasteiger partial charge >= 0.3 is 0 Å². The van der Waals surface area contributed by atoms with Crippen molar-refractivity contribution in [1.29, 1.82) is 0 Å². The fourth-order valence-corrected chi connectivity index (χ4v) is 2.75. The largest absolute Gasteiger partial charge is 0.486 e. The Morgan fingerprint density at radius 3 is 2.60 bits per heavy atom. The zero-order valence-corrected chi connectivity index (χ0v) is 14.1. The highest BCUT2D eigenvalue weighted by Gasteiger charge is 2.11. The van der Waals surface area contributed by atoms with E-state index in [0.29, 0.717) is 25.6 Å². The Morgan fingerprint density at radius 1 is 0.960 bits per heavy atom. The third kappa shape index (κ3) is 3.67. The fraction of sp³-hybridized carbons (Fsp3) is 0.250. The molecule has 25 heavy (non-hydrogen) atoms. The normalized spacial score (nSPS) is 13.0. The third-order valence-electron chi connectivity index (χ3n) is 4.09. The summed E-state index contributed by atoms with van der Waals surface area (Å²) in [4.78, 5) is 4.54. The quantitative estimate of drug-likeness (QED) is 0.770. The molecular weight excluding hydrogens is 316 g/mol. The minimum absolute atomic E-state index is 0.602. The Bertz CT molecular complexity index is 856. The minimum Gasteiger partial charge on any atom is -0.486 e. The maximum Gasteiger partial charge on any atom is 0.226 e. The second-order valence-electron chi connectivity index (χ2n) is 6.09. The summed E-state index contributed by atoms with van der Waals surface area (Å²) in [5.74, 6) is 2.28. The summed E-state index contributed by atoms with van der Waals surface area (Å²) in [7, 11) is 0. The second kappa shape index (κ2) is 6.99. The van der Waals surface area contributed by atoms with Crippen LogP contribution in [0.25, 0.3) is 11.5 Å². The van der Waals surface area contributed by atoms with Crippen molar-refractivity contribution in [3.05, 3.63) is 65.5 Å². The van der Waals surface area contributed by atoms with Gasteiger partial charge in [-0.05, 0) is 36.8 Å². The van der Waals surface area contributed by atoms with Gasteiger partial charge < -0.3 is 19.2 Å². The van der Waals surface area contributed by atoms with Gasteiger partial charge in [-0.25, -0.2) is 4.98 Å². The van der Waals surface area contributed by atoms with E-state index in [9.17, 15) is 0 Å². The summed E-state index contributed by atoms with van der Waals surface area (Å²) in [5, 5.41) is 3.38. The van der Waals surface area contributed by atoms with Crippen LogP contribution in [0.2, 0.25) is 0 Å². The molecule has 0 spiro atoms. The highest BCUT2D eigenvalue weighted by molar-refractivity contribution is 5.53. The monoisotopic (exact) mass is 336 g/mol. The maximum atomic E-state index is 5.61. The lowest BCUT2D eigenvalue weighted by Gasteiger charge is -2.18. The zero-order chi connectivity index (χ0) is 17.1. The number of hydrogen-bond donors (Lipinski definition) is 1. The summed E-state index contributed by atoms with van der Waals surface area (Å²) in [6, 6.07) is 14.2. The summed E-state index contributed by atoms with van der Waals surface area (Å²) >= 11 is 0. The number of ether oxygens (including phenoxy) is 2. The Hall–Kier alpha value is -2.79. The molecule has 3 aromatic rings. The SMILES string of the molecule is Cc1ccc(-c2nc(CNCc3ccc4c(c3)OCCO4)co2)cc1. The molecule has 0 bridgehead atoms. The van der Waals surface area contributed by atoms with Gasteiger partial charge in [-0.2, -0.15) is 0 Å². The van der Waals surface area contributed by atoms with Crippen molar-refractivity contribution in [2.45, 2.75) is 20.0 Å². The molecule has 4 rings (SSSR count). The third-order valence-corrected chi connectivity index (χ3v) is 4.09. The first-order chi connectivity index (χ1) is 12.3. The molecule has 1 N–H and O–H groups in total. The van der Waals surface area contributed by atoms with Crippen molar-refractivity contribution in [3.8, 4) is 23.0 Å². The lowest BCUT2D eigenvalue weighted by atomic mass is 10.1. The van der Waals surface area contributed by atoms with Crippen molar-refractivity contribution < 1.29 is 13.9 Å². The molecule has 0 saturated heterocycles. The van der Waals surface area contributed by atoms with Crippen LogP contribution in [-0.4, -0.2) is 18.2 Å². The Labute approximate surface area is 146 Å². The molecule has 5 heteroatoms. The van der Waals surface area contributed by atoms with Gasteiger partial charge in [-0.15, -0.1) is 0 Å². The van der Waals surface area contributed by atoms with Crippen LogP contribution in [0, 0.1) is 6.92 Å². The molecule has 0 radical (unpaired) electrons. The van der Waals surface area contributed by atoms with Gasteiger partial charge in [-0.3, -0.25) is 0 Å². The Morgan fingerprint density at radius 2 is 1.76 bits per heavy atom. The molecule has 2 aromatic carbocycles. The van der Waals surface area contributed by atoms with Gasteiger partial charge in [0.05, 0.1) is 5.69 Å². The van der Waals surface area contributed by atoms with E-state index in [1.165, 1.54) is 5.56 Å². The molecule has 0 aliphatic carbocycles. The van der Waals surface area contributed by atoms with Crippen molar-refractivity contribution >= 4 is 0 Å². The highest BCUT2D eigenvalue weighted by atomic mass is 16.6. The average molecular weight is 336 g/mol. The number of fused-ring (bicyclic) bond motifs is 1. The number of aromatic nitrogens is 1. The number of hydrogen-bond acceptors (Lipinski definition) is 5. The first-order valence-corrected chi connectivity index (χ1v) is 8.38. The molecule has 0 fully saturated rings. The minimum atomic E-state index is 0.602. The number of aryl methyl sites for hydroxylation is 1. The predicted molar refractivity (Wildman–Crippen MR) is 94.7 cm³/mol. The standard InChI is InChI=1S/C20H20N2O3/c1-14-2-5-16(6-3-14)20-22-17(13-25-20)12-21-11-15-4-7-18-19(10-15)24-9-8-23-18/h2-7,10,13,21H,8-9,11-12H2,1H3. The number of rotatable bonds is 5. The van der Waals surface area contributed by atoms with E-state index in [-0.39, 0.29) is 0 Å². The lowest BCUT2D eigenvalue weighted by Crippen LogP contribution is -2.16. The van der Waals surface area contributed by atoms with Crippen molar-refractivity contribution in [2.75, 3.05) is 13.2 Å². The van der Waals surface area contributed by atoms with Crippen LogP contribution in [0.5, 0.6) is 11.5 Å². The molecule has 0 atom stereocenters. The summed E-state index contributed by atoms with van der Waals surface area (Å²) in [6.45, 7) is 4.64. The van der Waals surface area contributed by atoms with E-state index in [1.54, 1.807) is 6.26 Å². The average Bonchev–Trinajstić information content (AvgIpc) is 3.11. The topological polar surface area (TPSA) is 56.5 Å². The van der Waals surface area contributed by atoms with Crippen molar-refractivity contribution in [2.24, 2.45) is 0 Å². The first kappa shape index (κ1) is 15.7. The van der Waals surface area contributed by atoms with Crippen LogP contribution in [0.15, 0.2) is 53.1 Å². The molecule has 0 amide bonds. The predicted octanol–water partition coefficient (Wildman–Crippen LogP) is 3.71. The van der Waals surface area contributed by atoms with Gasteiger partial charge in [0.15, 0.2) is 11.5 Å². The van der Waals surface area contributed by atoms with Gasteiger partial charge in [0.1, 0.15) is 19.5 Å². The van der Waals surface area contributed by atoms with Gasteiger partial charge in [0, 0.05) is 18.7 Å². The fourth-order valence-electron chi connectivity index (χ4n) is 2.75. The van der Waals surface area contributed by atoms with E-state index in [0.717, 1.165) is 34.9 Å². The van der Waals surface area contributed by atoms with Crippen molar-refractivity contribution in [1.82, 2.24) is 10.3 Å². The number of nitrogens with zero attached hydrogens (tertiary/aromatic N) is 1. The zero-order valence-electron chi connectivity index (χ0n) is 14.1. The van der Waals surface area contributed by atoms with Gasteiger partial charge in [0.2, 0.25) is 5.89 Å².